The van der Waals surface area contributed by atoms with Crippen LogP contribution in [-0.4, -0.2) is 205 Å². The van der Waals surface area contributed by atoms with Crippen LogP contribution >= 0.6 is 7.82 Å². The molecule has 662 valence electrons. The van der Waals surface area contributed by atoms with E-state index in [0.717, 1.165) is 135 Å². The lowest BCUT2D eigenvalue weighted by Crippen LogP contribution is -2.70. The maximum Gasteiger partial charge on any atom is 0.472 e. The van der Waals surface area contributed by atoms with Crippen molar-refractivity contribution in [2.75, 3.05) is 26.4 Å². The maximum atomic E-state index is 14.9. The molecule has 18 atom stereocenters. The SMILES string of the molecule is CCCCCC/C=C\CCCCCCCCCC(=O)OC(COC(=O)CCCCCCCCCCCCCCC)COP(=O)(O)OC1C(OC2OC(CO)C(O)C(O)C2O)C(O)C(O)C(OC(=O)CCCCCCCCCCCCCCC)C1OC1OC(COC(=O)CCCCC/C=C\CCCCCCCC)C(O)C(O)C1O. The molecule has 0 aromatic rings. The van der Waals surface area contributed by atoms with Gasteiger partial charge in [0.2, 0.25) is 0 Å². The number of hydrogen-bond acceptors (Lipinski definition) is 24. The van der Waals surface area contributed by atoms with Gasteiger partial charge in [-0.15, -0.1) is 0 Å². The first-order chi connectivity index (χ1) is 54.7. The quantitative estimate of drug-likeness (QED) is 0.00889. The molecule has 1 aliphatic carbocycles. The molecule has 3 rings (SSSR count). The molecular weight excluding hydrogens is 1480 g/mol. The van der Waals surface area contributed by atoms with Crippen LogP contribution in [0.25, 0.3) is 0 Å². The molecule has 0 aromatic carbocycles. The fourth-order valence-electron chi connectivity index (χ4n) is 14.7. The number of phosphoric ester groups is 1. The van der Waals surface area contributed by atoms with Gasteiger partial charge in [-0.2, -0.15) is 0 Å². The highest BCUT2D eigenvalue weighted by Gasteiger charge is 2.60. The predicted molar refractivity (Wildman–Crippen MR) is 435 cm³/mol. The summed E-state index contributed by atoms with van der Waals surface area (Å²) >= 11 is 0. The summed E-state index contributed by atoms with van der Waals surface area (Å²) in [5, 5.41) is 102. The number of ether oxygens (including phenoxy) is 8. The number of allylic oxidation sites excluding steroid dienone is 4. The predicted octanol–water partition coefficient (Wildman–Crippen LogP) is 15.8. The van der Waals surface area contributed by atoms with Crippen molar-refractivity contribution in [1.29, 1.82) is 0 Å². The van der Waals surface area contributed by atoms with Crippen LogP contribution in [0.2, 0.25) is 0 Å². The Hall–Kier alpha value is -3.05. The van der Waals surface area contributed by atoms with Crippen LogP contribution in [0.3, 0.4) is 0 Å². The second kappa shape index (κ2) is 66.7. The molecule has 2 aliphatic heterocycles. The Morgan fingerprint density at radius 2 is 0.664 bits per heavy atom. The lowest BCUT2D eigenvalue weighted by molar-refractivity contribution is -0.360. The molecule has 26 heteroatoms. The van der Waals surface area contributed by atoms with E-state index < -0.39 is 162 Å². The van der Waals surface area contributed by atoms with E-state index in [2.05, 4.69) is 52.0 Å². The molecule has 3 aliphatic rings. The van der Waals surface area contributed by atoms with Crippen LogP contribution in [0.5, 0.6) is 0 Å². The number of rotatable bonds is 72. The second-order valence-corrected chi connectivity index (χ2v) is 33.5. The van der Waals surface area contributed by atoms with Gasteiger partial charge in [0.1, 0.15) is 92.6 Å². The molecule has 113 heavy (non-hydrogen) atoms. The van der Waals surface area contributed by atoms with Crippen molar-refractivity contribution in [2.24, 2.45) is 0 Å². The van der Waals surface area contributed by atoms with Crippen molar-refractivity contribution in [3.8, 4) is 0 Å². The lowest BCUT2D eigenvalue weighted by atomic mass is 9.84. The summed E-state index contributed by atoms with van der Waals surface area (Å²) in [7, 11) is -5.80. The summed E-state index contributed by atoms with van der Waals surface area (Å²) < 4.78 is 73.2. The molecule has 18 unspecified atom stereocenters. The molecule has 1 saturated carbocycles. The number of aliphatic hydroxyl groups excluding tert-OH is 9. The van der Waals surface area contributed by atoms with Crippen LogP contribution in [0, 0.1) is 0 Å². The lowest BCUT2D eigenvalue weighted by Gasteiger charge is -2.50. The van der Waals surface area contributed by atoms with Crippen molar-refractivity contribution >= 4 is 31.7 Å². The minimum atomic E-state index is -5.80. The summed E-state index contributed by atoms with van der Waals surface area (Å²) in [6.07, 6.45) is 24.8. The van der Waals surface area contributed by atoms with Crippen molar-refractivity contribution in [2.45, 2.75) is 479 Å². The summed E-state index contributed by atoms with van der Waals surface area (Å²) in [6, 6.07) is 0. The Bertz CT molecular complexity index is 2460. The number of aliphatic hydroxyl groups is 9. The highest BCUT2D eigenvalue weighted by Crippen LogP contribution is 2.49. The number of carbonyl (C=O) groups excluding carboxylic acids is 4. The highest BCUT2D eigenvalue weighted by atomic mass is 31.2. The first-order valence-corrected chi connectivity index (χ1v) is 46.6. The van der Waals surface area contributed by atoms with Gasteiger partial charge in [-0.1, -0.05) is 296 Å². The molecule has 3 fully saturated rings. The zero-order chi connectivity index (χ0) is 82.5. The molecule has 0 spiro atoms. The number of unbranched alkanes of at least 4 members (excludes halogenated alkanes) is 44. The maximum absolute atomic E-state index is 14.9. The third kappa shape index (κ3) is 47.5. The summed E-state index contributed by atoms with van der Waals surface area (Å²) in [5.74, 6) is -2.98. The van der Waals surface area contributed by atoms with Crippen molar-refractivity contribution in [1.82, 2.24) is 0 Å². The fraction of sp³-hybridized carbons (Fsp3) is 0.908. The first-order valence-electron chi connectivity index (χ1n) is 45.1. The second-order valence-electron chi connectivity index (χ2n) is 32.1. The fourth-order valence-corrected chi connectivity index (χ4v) is 15.7. The molecule has 0 radical (unpaired) electrons. The molecule has 25 nitrogen and oxygen atoms in total. The Balaban J connectivity index is 1.94. The summed E-state index contributed by atoms with van der Waals surface area (Å²) in [6.45, 7) is 5.54. The average Bonchev–Trinajstić information content (AvgIpc) is 0.754. The third-order valence-corrected chi connectivity index (χ3v) is 22.9. The Morgan fingerprint density at radius 3 is 1.07 bits per heavy atom. The normalized spacial score (nSPS) is 25.6. The van der Waals surface area contributed by atoms with Gasteiger partial charge in [-0.3, -0.25) is 28.2 Å². The van der Waals surface area contributed by atoms with Crippen LogP contribution in [0.1, 0.15) is 374 Å². The summed E-state index contributed by atoms with van der Waals surface area (Å²) in [4.78, 5) is 66.3. The molecular formula is C87H159O25P. The van der Waals surface area contributed by atoms with Gasteiger partial charge in [0.15, 0.2) is 24.8 Å². The van der Waals surface area contributed by atoms with E-state index >= 15 is 0 Å². The van der Waals surface area contributed by atoms with E-state index in [0.29, 0.717) is 44.9 Å². The minimum Gasteiger partial charge on any atom is -0.463 e. The zero-order valence-corrected chi connectivity index (χ0v) is 71.1. The van der Waals surface area contributed by atoms with Crippen molar-refractivity contribution < 1.29 is 122 Å². The van der Waals surface area contributed by atoms with Gasteiger partial charge in [0.05, 0.1) is 13.2 Å². The molecule has 2 heterocycles. The van der Waals surface area contributed by atoms with Crippen molar-refractivity contribution in [3.05, 3.63) is 24.3 Å². The Kier molecular flexibility index (Phi) is 61.5. The smallest absolute Gasteiger partial charge is 0.463 e. The van der Waals surface area contributed by atoms with Gasteiger partial charge < -0.3 is 88.7 Å². The van der Waals surface area contributed by atoms with Crippen LogP contribution in [0.4, 0.5) is 0 Å². The zero-order valence-electron chi connectivity index (χ0n) is 70.2. The topological polar surface area (TPSA) is 380 Å². The Labute approximate surface area is 679 Å². The minimum absolute atomic E-state index is 0.00568. The number of carbonyl (C=O) groups is 4. The van der Waals surface area contributed by atoms with Gasteiger partial charge >= 0.3 is 31.7 Å². The average molecular weight is 1640 g/mol. The molecule has 10 N–H and O–H groups in total. The first kappa shape index (κ1) is 104. The van der Waals surface area contributed by atoms with Crippen LogP contribution in [0.15, 0.2) is 24.3 Å². The van der Waals surface area contributed by atoms with Gasteiger partial charge in [0.25, 0.3) is 0 Å². The number of phosphoric acid groups is 1. The largest absolute Gasteiger partial charge is 0.472 e. The molecule has 0 amide bonds. The van der Waals surface area contributed by atoms with E-state index in [-0.39, 0.29) is 25.7 Å². The van der Waals surface area contributed by atoms with E-state index in [4.69, 9.17) is 46.9 Å². The number of hydrogen-bond donors (Lipinski definition) is 10. The van der Waals surface area contributed by atoms with E-state index in [1.54, 1.807) is 0 Å². The third-order valence-electron chi connectivity index (χ3n) is 21.9. The van der Waals surface area contributed by atoms with Crippen LogP contribution < -0.4 is 0 Å². The van der Waals surface area contributed by atoms with Gasteiger partial charge in [-0.25, -0.2) is 4.57 Å². The summed E-state index contributed by atoms with van der Waals surface area (Å²) in [5.41, 5.74) is 0. The van der Waals surface area contributed by atoms with E-state index in [1.807, 2.05) is 0 Å². The van der Waals surface area contributed by atoms with Crippen molar-refractivity contribution in [3.63, 3.8) is 0 Å². The van der Waals surface area contributed by atoms with Gasteiger partial charge in [0, 0.05) is 25.7 Å². The highest BCUT2D eigenvalue weighted by molar-refractivity contribution is 7.47. The monoisotopic (exact) mass is 1640 g/mol. The Morgan fingerprint density at radius 1 is 0.345 bits per heavy atom. The molecule has 0 aromatic heterocycles. The van der Waals surface area contributed by atoms with Crippen LogP contribution in [-0.2, 0) is 70.7 Å². The van der Waals surface area contributed by atoms with Gasteiger partial charge in [-0.05, 0) is 77.0 Å². The molecule has 0 bridgehead atoms. The molecule has 2 saturated heterocycles. The standard InChI is InChI=1S/C87H159O25P/c1-5-9-13-17-21-25-29-33-34-38-42-45-49-53-57-61-72(91)106-67(64-103-70(89)59-55-51-47-43-39-35-30-26-22-18-14-10-6-2)65-105-113(101,102)112-85-83(110-86-80(99)76(95)74(93)68(63-88)107-86)79(98)78(97)82(109-73(92)62-58-54-50-46-41-37-32-28-24-20-16-12-8-4)84(85)111-87-81(100)77(96)75(94)69(108-87)66-104-71(90)60-56-52-48-44-40-36-31-27-23-19-15-11-7-3/h25,29,36,40,67-69,74-88,93-100H,5-24,26-28,30-35,37-39,41-66H2,1-4H3,(H,101,102)/b29-25-,40-36-. The van der Waals surface area contributed by atoms with E-state index in [1.165, 1.54) is 141 Å². The van der Waals surface area contributed by atoms with E-state index in [9.17, 15) is 74.6 Å². The number of esters is 4.